The highest BCUT2D eigenvalue weighted by Gasteiger charge is 2.43. The third-order valence-corrected chi connectivity index (χ3v) is 11.3. The molecular formula is C44H55N3O5. The molecule has 6 rings (SSSR count). The van der Waals surface area contributed by atoms with Gasteiger partial charge in [-0.25, -0.2) is 0 Å². The number of fused-ring (bicyclic) bond motifs is 2. The zero-order chi connectivity index (χ0) is 37.2. The summed E-state index contributed by atoms with van der Waals surface area (Å²) < 4.78 is 6.37. The minimum Gasteiger partial charge on any atom is -0.493 e. The van der Waals surface area contributed by atoms with Gasteiger partial charge in [-0.2, -0.15) is 0 Å². The van der Waals surface area contributed by atoms with Crippen LogP contribution in [-0.2, 0) is 27.2 Å². The second-order valence-electron chi connectivity index (χ2n) is 15.9. The second-order valence-corrected chi connectivity index (χ2v) is 15.9. The summed E-state index contributed by atoms with van der Waals surface area (Å²) in [6, 6.07) is 21.1. The predicted octanol–water partition coefficient (Wildman–Crippen LogP) is 6.99. The van der Waals surface area contributed by atoms with Crippen LogP contribution in [0.25, 0.3) is 5.57 Å². The molecule has 1 aliphatic carbocycles. The molecule has 2 N–H and O–H groups in total. The molecular weight excluding hydrogens is 651 g/mol. The van der Waals surface area contributed by atoms with Crippen molar-refractivity contribution in [2.24, 2.45) is 5.41 Å². The molecule has 2 atom stereocenters. The van der Waals surface area contributed by atoms with Gasteiger partial charge < -0.3 is 25.0 Å². The van der Waals surface area contributed by atoms with Crippen molar-refractivity contribution in [3.05, 3.63) is 105 Å². The van der Waals surface area contributed by atoms with Crippen molar-refractivity contribution in [3.63, 3.8) is 0 Å². The molecule has 2 amide bonds. The lowest BCUT2D eigenvalue weighted by molar-refractivity contribution is -0.148. The van der Waals surface area contributed by atoms with Crippen LogP contribution in [0.2, 0.25) is 0 Å². The van der Waals surface area contributed by atoms with Gasteiger partial charge in [-0.1, -0.05) is 60.2 Å². The van der Waals surface area contributed by atoms with Gasteiger partial charge in [0.05, 0.1) is 18.1 Å². The Morgan fingerprint density at radius 3 is 2.38 bits per heavy atom. The van der Waals surface area contributed by atoms with Crippen molar-refractivity contribution in [2.75, 3.05) is 26.2 Å². The maximum Gasteiger partial charge on any atom is 0.309 e. The number of benzene rings is 3. The van der Waals surface area contributed by atoms with Crippen LogP contribution < -0.4 is 10.1 Å². The topological polar surface area (TPSA) is 99.2 Å². The minimum absolute atomic E-state index is 0.0223. The fourth-order valence-electron chi connectivity index (χ4n) is 7.69. The van der Waals surface area contributed by atoms with Gasteiger partial charge in [0.15, 0.2) is 0 Å². The van der Waals surface area contributed by atoms with Crippen LogP contribution in [0.15, 0.2) is 66.2 Å². The first-order chi connectivity index (χ1) is 24.8. The quantitative estimate of drug-likeness (QED) is 0.188. The lowest BCUT2D eigenvalue weighted by Gasteiger charge is -2.45. The summed E-state index contributed by atoms with van der Waals surface area (Å²) in [4.78, 5) is 44.3. The van der Waals surface area contributed by atoms with Crippen molar-refractivity contribution in [3.8, 4) is 5.75 Å². The summed E-state index contributed by atoms with van der Waals surface area (Å²) in [6.07, 6.45) is 4.51. The first-order valence-corrected chi connectivity index (χ1v) is 19.0. The van der Waals surface area contributed by atoms with E-state index in [0.717, 1.165) is 52.8 Å². The highest BCUT2D eigenvalue weighted by atomic mass is 16.5. The summed E-state index contributed by atoms with van der Waals surface area (Å²) in [5.41, 5.74) is 9.03. The monoisotopic (exact) mass is 705 g/mol. The molecule has 0 radical (unpaired) electrons. The molecule has 2 fully saturated rings. The molecule has 1 saturated carbocycles. The number of carboxylic acids is 1. The summed E-state index contributed by atoms with van der Waals surface area (Å²) in [5, 5.41) is 13.4. The predicted molar refractivity (Wildman–Crippen MR) is 205 cm³/mol. The first-order valence-electron chi connectivity index (χ1n) is 19.0. The molecule has 2 aliphatic heterocycles. The molecule has 0 aromatic heterocycles. The maximum absolute atomic E-state index is 15.0. The van der Waals surface area contributed by atoms with Crippen LogP contribution in [0.1, 0.15) is 84.9 Å². The van der Waals surface area contributed by atoms with Gasteiger partial charge in [-0.3, -0.25) is 14.4 Å². The smallest absolute Gasteiger partial charge is 0.309 e. The number of carbonyl (C=O) groups excluding carboxylic acids is 2. The first kappa shape index (κ1) is 37.3. The van der Waals surface area contributed by atoms with Gasteiger partial charge in [-0.05, 0) is 119 Å². The van der Waals surface area contributed by atoms with E-state index in [0.29, 0.717) is 39.1 Å². The number of hydrogen-bond acceptors (Lipinski definition) is 5. The van der Waals surface area contributed by atoms with Gasteiger partial charge in [0.1, 0.15) is 5.75 Å². The number of rotatable bonds is 14. The summed E-state index contributed by atoms with van der Waals surface area (Å²) in [5.74, 6) is 0.000982. The molecule has 3 aromatic carbocycles. The molecule has 2 heterocycles. The molecule has 3 aromatic rings. The lowest BCUT2D eigenvalue weighted by atomic mass is 9.81. The van der Waals surface area contributed by atoms with Crippen molar-refractivity contribution in [1.82, 2.24) is 15.1 Å². The molecule has 0 spiro atoms. The van der Waals surface area contributed by atoms with E-state index in [9.17, 15) is 19.5 Å². The number of carboxylic acid groups (broad SMARTS) is 1. The Kier molecular flexibility index (Phi) is 11.2. The van der Waals surface area contributed by atoms with E-state index in [1.54, 1.807) is 13.8 Å². The summed E-state index contributed by atoms with van der Waals surface area (Å²) in [7, 11) is 0. The lowest BCUT2D eigenvalue weighted by Crippen LogP contribution is -2.62. The zero-order valence-electron chi connectivity index (χ0n) is 31.8. The van der Waals surface area contributed by atoms with Crippen LogP contribution >= 0.6 is 0 Å². The highest BCUT2D eigenvalue weighted by Crippen LogP contribution is 2.38. The number of hydrogen-bond donors (Lipinski definition) is 2. The van der Waals surface area contributed by atoms with Gasteiger partial charge in [0.25, 0.3) is 5.91 Å². The average Bonchev–Trinajstić information content (AvgIpc) is 3.95. The number of carbonyl (C=O) groups is 3. The van der Waals surface area contributed by atoms with E-state index < -0.39 is 11.4 Å². The normalized spacial score (nSPS) is 18.7. The number of piperazine rings is 1. The number of nitrogens with zero attached hydrogens (tertiary/aromatic N) is 2. The van der Waals surface area contributed by atoms with Crippen molar-refractivity contribution < 1.29 is 24.2 Å². The van der Waals surface area contributed by atoms with E-state index in [4.69, 9.17) is 4.74 Å². The third-order valence-electron chi connectivity index (χ3n) is 11.3. The Balaban J connectivity index is 1.30. The van der Waals surface area contributed by atoms with E-state index in [2.05, 4.69) is 98.6 Å². The van der Waals surface area contributed by atoms with Gasteiger partial charge in [-0.15, -0.1) is 0 Å². The Labute approximate surface area is 309 Å². The van der Waals surface area contributed by atoms with Crippen LogP contribution in [0, 0.1) is 33.1 Å². The van der Waals surface area contributed by atoms with Gasteiger partial charge in [0, 0.05) is 50.1 Å². The van der Waals surface area contributed by atoms with Crippen LogP contribution in [0.4, 0.5) is 0 Å². The Morgan fingerprint density at radius 2 is 1.67 bits per heavy atom. The molecule has 2 bridgehead atoms. The maximum atomic E-state index is 15.0. The summed E-state index contributed by atoms with van der Waals surface area (Å²) in [6.45, 7) is 13.8. The molecule has 8 nitrogen and oxygen atoms in total. The van der Waals surface area contributed by atoms with Crippen molar-refractivity contribution >= 4 is 23.4 Å². The SMILES string of the molecule is Cc1ccc(CCN(C(=O)C2=C(c3ccccc3CCOc3cc(C)cc(C)c3C)C[C@@H]3CN(C(=O)CCC(C)(C)C(=O)O)C[C@H]2N3)C2CC2)cc1. The van der Waals surface area contributed by atoms with Crippen LogP contribution in [0.5, 0.6) is 5.75 Å². The Morgan fingerprint density at radius 1 is 0.942 bits per heavy atom. The van der Waals surface area contributed by atoms with E-state index >= 15 is 0 Å². The molecule has 52 heavy (non-hydrogen) atoms. The van der Waals surface area contributed by atoms with Crippen molar-refractivity contribution in [1.29, 1.82) is 0 Å². The van der Waals surface area contributed by atoms with E-state index in [1.807, 2.05) is 4.90 Å². The third kappa shape index (κ3) is 8.60. The highest BCUT2D eigenvalue weighted by molar-refractivity contribution is 6.04. The standard InChI is InChI=1S/C44H55N3O5/c1-28-11-13-32(14-12-28)18-21-47(35-15-16-35)42(49)41-37(25-34-26-46(27-38(41)45-34)40(48)17-20-44(5,6)43(50)51)36-10-8-7-9-33(36)19-22-52-39-24-29(2)23-30(3)31(39)4/h7-14,23-24,34-35,38,45H,15-22,25-27H2,1-6H3,(H,50,51)/t34-,38-/m1/s1. The van der Waals surface area contributed by atoms with E-state index in [1.165, 1.54) is 22.3 Å². The summed E-state index contributed by atoms with van der Waals surface area (Å²) >= 11 is 0. The number of ether oxygens (including phenoxy) is 1. The van der Waals surface area contributed by atoms with Crippen molar-refractivity contribution in [2.45, 2.75) is 105 Å². The molecule has 276 valence electrons. The zero-order valence-corrected chi connectivity index (χ0v) is 31.8. The average molecular weight is 706 g/mol. The van der Waals surface area contributed by atoms with E-state index in [-0.39, 0.29) is 42.8 Å². The minimum atomic E-state index is -0.986. The fraction of sp³-hybridized carbons (Fsp3) is 0.477. The Hall–Kier alpha value is -4.43. The van der Waals surface area contributed by atoms with Gasteiger partial charge >= 0.3 is 5.97 Å². The Bertz CT molecular complexity index is 1840. The number of nitrogens with one attached hydrogen (secondary N) is 1. The number of aryl methyl sites for hydroxylation is 3. The number of aliphatic carboxylic acids is 1. The molecule has 0 unspecified atom stereocenters. The largest absolute Gasteiger partial charge is 0.493 e. The number of amides is 2. The van der Waals surface area contributed by atoms with Crippen LogP contribution in [-0.4, -0.2) is 77.1 Å². The fourth-order valence-corrected chi connectivity index (χ4v) is 7.69. The van der Waals surface area contributed by atoms with Crippen LogP contribution in [0.3, 0.4) is 0 Å². The molecule has 3 aliphatic rings. The second kappa shape index (κ2) is 15.7. The molecule has 1 saturated heterocycles. The molecule has 8 heteroatoms. The van der Waals surface area contributed by atoms with Gasteiger partial charge in [0.2, 0.25) is 5.91 Å².